The van der Waals surface area contributed by atoms with E-state index in [2.05, 4.69) is 19.2 Å². The average Bonchev–Trinajstić information content (AvgIpc) is 3.12. The molecule has 112 valence electrons. The first kappa shape index (κ1) is 14.7. The van der Waals surface area contributed by atoms with Crippen LogP contribution in [0, 0.1) is 13.8 Å². The predicted molar refractivity (Wildman–Crippen MR) is 85.9 cm³/mol. The van der Waals surface area contributed by atoms with E-state index in [1.165, 1.54) is 6.20 Å². The number of benzene rings is 1. The molecule has 1 aromatic carbocycles. The molecular weight excluding hydrogens is 322 g/mol. The lowest BCUT2D eigenvalue weighted by Crippen LogP contribution is -2.16. The maximum absolute atomic E-state index is 12.2. The van der Waals surface area contributed by atoms with Crippen LogP contribution < -0.4 is 5.32 Å². The van der Waals surface area contributed by atoms with Gasteiger partial charge in [0, 0.05) is 10.6 Å². The molecule has 8 heteroatoms. The van der Waals surface area contributed by atoms with Gasteiger partial charge in [0.2, 0.25) is 0 Å². The zero-order chi connectivity index (χ0) is 15.7. The van der Waals surface area contributed by atoms with Crippen LogP contribution >= 0.6 is 23.3 Å². The first-order chi connectivity index (χ1) is 10.6. The summed E-state index contributed by atoms with van der Waals surface area (Å²) in [6.45, 7) is 3.80. The lowest BCUT2D eigenvalue weighted by atomic mass is 10.2. The van der Waals surface area contributed by atoms with Gasteiger partial charge >= 0.3 is 0 Å². The van der Waals surface area contributed by atoms with E-state index in [-0.39, 0.29) is 11.6 Å². The van der Waals surface area contributed by atoms with Crippen molar-refractivity contribution in [2.45, 2.75) is 13.8 Å². The van der Waals surface area contributed by atoms with E-state index in [0.717, 1.165) is 28.7 Å². The molecule has 0 saturated heterocycles. The first-order valence-corrected chi connectivity index (χ1v) is 7.58. The molecule has 0 aliphatic carbocycles. The number of nitrogens with zero attached hydrogens (tertiary/aromatic N) is 4. The number of carbonyl (C=O) groups is 1. The largest absolute Gasteiger partial charge is 0.305 e. The number of rotatable bonds is 3. The third-order valence-corrected chi connectivity index (χ3v) is 3.99. The van der Waals surface area contributed by atoms with Gasteiger partial charge in [0.25, 0.3) is 5.91 Å². The van der Waals surface area contributed by atoms with E-state index < -0.39 is 0 Å². The number of anilines is 1. The zero-order valence-corrected chi connectivity index (χ0v) is 13.4. The molecule has 0 saturated carbocycles. The topological polar surface area (TPSA) is 72.7 Å². The van der Waals surface area contributed by atoms with Crippen molar-refractivity contribution in [3.05, 3.63) is 52.4 Å². The molecule has 0 aliphatic rings. The van der Waals surface area contributed by atoms with Gasteiger partial charge in [-0.15, -0.1) is 0 Å². The Morgan fingerprint density at radius 2 is 2.00 bits per heavy atom. The van der Waals surface area contributed by atoms with Gasteiger partial charge in [0.1, 0.15) is 5.82 Å². The first-order valence-electron chi connectivity index (χ1n) is 6.47. The molecule has 3 aromatic rings. The van der Waals surface area contributed by atoms with Crippen LogP contribution in [0.1, 0.15) is 21.7 Å². The molecule has 0 aliphatic heterocycles. The number of halogens is 1. The Morgan fingerprint density at radius 3 is 2.64 bits per heavy atom. The van der Waals surface area contributed by atoms with Gasteiger partial charge in [-0.3, -0.25) is 4.79 Å². The molecule has 0 radical (unpaired) electrons. The van der Waals surface area contributed by atoms with E-state index in [0.29, 0.717) is 10.8 Å². The molecule has 0 atom stereocenters. The summed E-state index contributed by atoms with van der Waals surface area (Å²) >= 11 is 6.91. The second-order valence-electron chi connectivity index (χ2n) is 4.69. The Kier molecular flexibility index (Phi) is 3.91. The van der Waals surface area contributed by atoms with E-state index in [1.807, 2.05) is 26.0 Å². The van der Waals surface area contributed by atoms with Gasteiger partial charge in [0.15, 0.2) is 5.69 Å². The summed E-state index contributed by atoms with van der Waals surface area (Å²) in [4.78, 5) is 12.2. The number of hydrogen-bond donors (Lipinski definition) is 1. The Morgan fingerprint density at radius 1 is 1.27 bits per heavy atom. The summed E-state index contributed by atoms with van der Waals surface area (Å²) in [6, 6.07) is 7.24. The molecule has 3 rings (SSSR count). The van der Waals surface area contributed by atoms with Crippen molar-refractivity contribution >= 4 is 35.1 Å². The molecule has 6 nitrogen and oxygen atoms in total. The molecular formula is C14H12ClN5OS. The summed E-state index contributed by atoms with van der Waals surface area (Å²) < 4.78 is 9.45. The molecule has 2 aromatic heterocycles. The van der Waals surface area contributed by atoms with Crippen LogP contribution in [-0.2, 0) is 0 Å². The summed E-state index contributed by atoms with van der Waals surface area (Å²) in [5.41, 5.74) is 2.83. The van der Waals surface area contributed by atoms with E-state index in [4.69, 9.17) is 11.6 Å². The lowest BCUT2D eigenvalue weighted by molar-refractivity contribution is 0.102. The van der Waals surface area contributed by atoms with Crippen molar-refractivity contribution in [2.24, 2.45) is 0 Å². The van der Waals surface area contributed by atoms with Gasteiger partial charge in [-0.2, -0.15) is 13.8 Å². The highest BCUT2D eigenvalue weighted by molar-refractivity contribution is 6.99. The minimum atomic E-state index is -0.313. The van der Waals surface area contributed by atoms with Gasteiger partial charge in [-0.1, -0.05) is 11.6 Å². The van der Waals surface area contributed by atoms with Crippen molar-refractivity contribution in [3.63, 3.8) is 0 Å². The minimum absolute atomic E-state index is 0.283. The molecule has 2 heterocycles. The number of amides is 1. The summed E-state index contributed by atoms with van der Waals surface area (Å²) in [6.07, 6.45) is 1.44. The molecule has 1 N–H and O–H groups in total. The number of aromatic nitrogens is 4. The van der Waals surface area contributed by atoms with Gasteiger partial charge in [-0.05, 0) is 38.1 Å². The number of nitrogens with one attached hydrogen (secondary N) is 1. The zero-order valence-electron chi connectivity index (χ0n) is 11.9. The van der Waals surface area contributed by atoms with Crippen molar-refractivity contribution in [2.75, 3.05) is 5.32 Å². The smallest absolute Gasteiger partial charge is 0.278 e. The summed E-state index contributed by atoms with van der Waals surface area (Å²) in [7, 11) is 0. The Labute approximate surface area is 136 Å². The highest BCUT2D eigenvalue weighted by Gasteiger charge is 2.17. The Hall–Kier alpha value is -2.25. The fraction of sp³-hybridized carbons (Fsp3) is 0.143. The summed E-state index contributed by atoms with van der Waals surface area (Å²) in [5, 5.41) is 7.96. The standard InChI is InChI=1S/C14H12ClN5OS/c1-8-9(2)18-20(11-5-3-10(15)4-6-11)13(8)17-14(21)12-7-16-22-19-12/h3-7H,1-2H3,(H,17,21). The maximum atomic E-state index is 12.2. The van der Waals surface area contributed by atoms with Crippen molar-refractivity contribution < 1.29 is 4.79 Å². The normalized spacial score (nSPS) is 10.7. The SMILES string of the molecule is Cc1nn(-c2ccc(Cl)cc2)c(NC(=O)c2cnsn2)c1C. The van der Waals surface area contributed by atoms with Crippen molar-refractivity contribution in [3.8, 4) is 5.69 Å². The van der Waals surface area contributed by atoms with Crippen LogP contribution in [0.5, 0.6) is 0 Å². The Bertz CT molecular complexity index is 811. The maximum Gasteiger partial charge on any atom is 0.278 e. The number of carbonyl (C=O) groups excluding carboxylic acids is 1. The average molecular weight is 334 g/mol. The van der Waals surface area contributed by atoms with E-state index in [9.17, 15) is 4.79 Å². The van der Waals surface area contributed by atoms with Gasteiger partial charge < -0.3 is 5.32 Å². The molecule has 22 heavy (non-hydrogen) atoms. The van der Waals surface area contributed by atoms with Crippen LogP contribution in [0.3, 0.4) is 0 Å². The highest BCUT2D eigenvalue weighted by Crippen LogP contribution is 2.24. The summed E-state index contributed by atoms with van der Waals surface area (Å²) in [5.74, 6) is 0.296. The fourth-order valence-corrected chi connectivity index (χ4v) is 2.50. The molecule has 0 fully saturated rings. The van der Waals surface area contributed by atoms with Crippen LogP contribution in [0.25, 0.3) is 5.69 Å². The van der Waals surface area contributed by atoms with Crippen LogP contribution in [0.2, 0.25) is 5.02 Å². The Balaban J connectivity index is 2.00. The molecule has 0 unspecified atom stereocenters. The van der Waals surface area contributed by atoms with Gasteiger partial charge in [-0.25, -0.2) is 4.68 Å². The third kappa shape index (κ3) is 2.72. The molecule has 1 amide bonds. The van der Waals surface area contributed by atoms with Crippen LogP contribution in [0.15, 0.2) is 30.5 Å². The third-order valence-electron chi connectivity index (χ3n) is 3.26. The number of aryl methyl sites for hydroxylation is 1. The van der Waals surface area contributed by atoms with E-state index >= 15 is 0 Å². The lowest BCUT2D eigenvalue weighted by Gasteiger charge is -2.09. The monoisotopic (exact) mass is 333 g/mol. The second kappa shape index (κ2) is 5.86. The predicted octanol–water partition coefficient (Wildman–Crippen LogP) is 3.25. The molecule has 0 bridgehead atoms. The quantitative estimate of drug-likeness (QED) is 0.798. The van der Waals surface area contributed by atoms with Crippen LogP contribution in [0.4, 0.5) is 5.82 Å². The van der Waals surface area contributed by atoms with Crippen molar-refractivity contribution in [1.29, 1.82) is 0 Å². The highest BCUT2D eigenvalue weighted by atomic mass is 35.5. The van der Waals surface area contributed by atoms with Crippen molar-refractivity contribution in [1.82, 2.24) is 18.5 Å². The fourth-order valence-electron chi connectivity index (χ4n) is 1.96. The minimum Gasteiger partial charge on any atom is -0.305 e. The van der Waals surface area contributed by atoms with E-state index in [1.54, 1.807) is 16.8 Å². The molecule has 0 spiro atoms. The van der Waals surface area contributed by atoms with Crippen LogP contribution in [-0.4, -0.2) is 24.4 Å². The number of hydrogen-bond acceptors (Lipinski definition) is 5. The second-order valence-corrected chi connectivity index (χ2v) is 5.69. The van der Waals surface area contributed by atoms with Gasteiger partial charge in [0.05, 0.1) is 29.3 Å².